The average Bonchev–Trinajstić information content (AvgIpc) is 2.33. The van der Waals surface area contributed by atoms with Gasteiger partial charge in [-0.2, -0.15) is 0 Å². The second-order valence-corrected chi connectivity index (χ2v) is 5.58. The van der Waals surface area contributed by atoms with Crippen molar-refractivity contribution in [2.24, 2.45) is 5.92 Å². The Morgan fingerprint density at radius 1 is 1.11 bits per heavy atom. The lowest BCUT2D eigenvalue weighted by molar-refractivity contribution is -0.138. The van der Waals surface area contributed by atoms with Crippen LogP contribution in [-0.4, -0.2) is 61.5 Å². The molecule has 2 rings (SSSR count). The van der Waals surface area contributed by atoms with Crippen molar-refractivity contribution in [1.29, 1.82) is 0 Å². The first kappa shape index (κ1) is 13.8. The van der Waals surface area contributed by atoms with E-state index in [1.807, 2.05) is 0 Å². The van der Waals surface area contributed by atoms with E-state index in [1.54, 1.807) is 0 Å². The van der Waals surface area contributed by atoms with E-state index in [9.17, 15) is 4.79 Å². The third-order valence-corrected chi connectivity index (χ3v) is 4.14. The predicted octanol–water partition coefficient (Wildman–Crippen LogP) is 0.930. The molecule has 0 atom stereocenters. The van der Waals surface area contributed by atoms with Crippen LogP contribution in [0.3, 0.4) is 0 Å². The number of hydrogen-bond donors (Lipinski definition) is 1. The number of carbonyl (C=O) groups excluding carboxylic acids is 1. The van der Waals surface area contributed by atoms with Gasteiger partial charge in [-0.25, -0.2) is 0 Å². The quantitative estimate of drug-likeness (QED) is 0.715. The van der Waals surface area contributed by atoms with Crippen LogP contribution in [0.15, 0.2) is 0 Å². The highest BCUT2D eigenvalue weighted by Gasteiger charge is 2.30. The van der Waals surface area contributed by atoms with Crippen molar-refractivity contribution in [3.8, 4) is 0 Å². The van der Waals surface area contributed by atoms with E-state index in [0.717, 1.165) is 39.3 Å². The summed E-state index contributed by atoms with van der Waals surface area (Å²) in [5, 5.41) is 3.17. The molecule has 18 heavy (non-hydrogen) atoms. The van der Waals surface area contributed by atoms with E-state index in [4.69, 9.17) is 0 Å². The first-order valence-corrected chi connectivity index (χ1v) is 7.53. The molecule has 2 aliphatic heterocycles. The fraction of sp³-hybridized carbons (Fsp3) is 0.929. The van der Waals surface area contributed by atoms with Crippen LogP contribution in [0.1, 0.15) is 32.6 Å². The van der Waals surface area contributed by atoms with Crippen LogP contribution in [0.25, 0.3) is 0 Å². The van der Waals surface area contributed by atoms with Gasteiger partial charge in [0.2, 0.25) is 5.91 Å². The Kier molecular flexibility index (Phi) is 5.45. The maximum absolute atomic E-state index is 12.1. The molecule has 104 valence electrons. The first-order valence-electron chi connectivity index (χ1n) is 7.53. The molecule has 0 aromatic heterocycles. The highest BCUT2D eigenvalue weighted by molar-refractivity contribution is 5.80. The Morgan fingerprint density at radius 2 is 1.83 bits per heavy atom. The summed E-state index contributed by atoms with van der Waals surface area (Å²) in [6.45, 7) is 9.24. The fourth-order valence-corrected chi connectivity index (χ4v) is 2.68. The summed E-state index contributed by atoms with van der Waals surface area (Å²) < 4.78 is 0. The topological polar surface area (TPSA) is 35.6 Å². The molecule has 2 saturated heterocycles. The van der Waals surface area contributed by atoms with Crippen molar-refractivity contribution in [2.45, 2.75) is 32.6 Å². The maximum Gasteiger partial charge on any atom is 0.228 e. The standard InChI is InChI=1S/C14H27N3O/c1-2-3-4-5-6-16-7-9-17(10-8-16)14(18)13-11-15-12-13/h13,15H,2-12H2,1H3. The number of amides is 1. The molecule has 0 saturated carbocycles. The minimum Gasteiger partial charge on any atom is -0.340 e. The molecule has 1 N–H and O–H groups in total. The van der Waals surface area contributed by atoms with Gasteiger partial charge in [0.15, 0.2) is 0 Å². The third kappa shape index (κ3) is 3.69. The molecule has 4 nitrogen and oxygen atoms in total. The summed E-state index contributed by atoms with van der Waals surface area (Å²) in [4.78, 5) is 16.6. The molecule has 0 bridgehead atoms. The first-order chi connectivity index (χ1) is 8.81. The van der Waals surface area contributed by atoms with Crippen LogP contribution in [0.2, 0.25) is 0 Å². The van der Waals surface area contributed by atoms with Gasteiger partial charge in [-0.15, -0.1) is 0 Å². The van der Waals surface area contributed by atoms with Crippen LogP contribution >= 0.6 is 0 Å². The van der Waals surface area contributed by atoms with E-state index < -0.39 is 0 Å². The summed E-state index contributed by atoms with van der Waals surface area (Å²) >= 11 is 0. The maximum atomic E-state index is 12.1. The smallest absolute Gasteiger partial charge is 0.228 e. The van der Waals surface area contributed by atoms with E-state index in [-0.39, 0.29) is 5.92 Å². The molecule has 0 aliphatic carbocycles. The molecule has 0 aromatic rings. The van der Waals surface area contributed by atoms with Crippen LogP contribution < -0.4 is 5.32 Å². The summed E-state index contributed by atoms with van der Waals surface area (Å²) in [5.41, 5.74) is 0. The fourth-order valence-electron chi connectivity index (χ4n) is 2.68. The molecule has 2 fully saturated rings. The van der Waals surface area contributed by atoms with E-state index in [2.05, 4.69) is 22.0 Å². The minimum absolute atomic E-state index is 0.265. The summed E-state index contributed by atoms with van der Waals surface area (Å²) in [6, 6.07) is 0. The van der Waals surface area contributed by atoms with Crippen molar-refractivity contribution >= 4 is 5.91 Å². The Hall–Kier alpha value is -0.610. The second-order valence-electron chi connectivity index (χ2n) is 5.58. The Morgan fingerprint density at radius 3 is 2.39 bits per heavy atom. The van der Waals surface area contributed by atoms with Gasteiger partial charge in [0, 0.05) is 39.3 Å². The van der Waals surface area contributed by atoms with Crippen molar-refractivity contribution < 1.29 is 4.79 Å². The molecular formula is C14H27N3O. The largest absolute Gasteiger partial charge is 0.340 e. The highest BCUT2D eigenvalue weighted by atomic mass is 16.2. The minimum atomic E-state index is 0.265. The molecule has 4 heteroatoms. The number of carbonyl (C=O) groups is 1. The van der Waals surface area contributed by atoms with Gasteiger partial charge in [-0.05, 0) is 13.0 Å². The van der Waals surface area contributed by atoms with Gasteiger partial charge in [0.05, 0.1) is 5.92 Å². The van der Waals surface area contributed by atoms with Gasteiger partial charge in [-0.1, -0.05) is 26.2 Å². The lowest BCUT2D eigenvalue weighted by Gasteiger charge is -2.38. The number of unbranched alkanes of at least 4 members (excludes halogenated alkanes) is 3. The van der Waals surface area contributed by atoms with Gasteiger partial charge >= 0.3 is 0 Å². The van der Waals surface area contributed by atoms with Gasteiger partial charge in [0.1, 0.15) is 0 Å². The molecule has 2 heterocycles. The van der Waals surface area contributed by atoms with Gasteiger partial charge < -0.3 is 10.2 Å². The Bertz CT molecular complexity index is 258. The van der Waals surface area contributed by atoms with Crippen molar-refractivity contribution in [3.63, 3.8) is 0 Å². The van der Waals surface area contributed by atoms with Crippen molar-refractivity contribution in [3.05, 3.63) is 0 Å². The predicted molar refractivity (Wildman–Crippen MR) is 73.5 cm³/mol. The van der Waals surface area contributed by atoms with Crippen molar-refractivity contribution in [2.75, 3.05) is 45.8 Å². The van der Waals surface area contributed by atoms with E-state index in [0.29, 0.717) is 5.91 Å². The molecule has 0 aromatic carbocycles. The van der Waals surface area contributed by atoms with Crippen LogP contribution in [0.5, 0.6) is 0 Å². The molecule has 0 radical (unpaired) electrons. The zero-order valence-electron chi connectivity index (χ0n) is 11.7. The zero-order chi connectivity index (χ0) is 12.8. The lowest BCUT2D eigenvalue weighted by atomic mass is 10.0. The lowest BCUT2D eigenvalue weighted by Crippen LogP contribution is -2.56. The van der Waals surface area contributed by atoms with Crippen LogP contribution in [0, 0.1) is 5.92 Å². The number of nitrogens with one attached hydrogen (secondary N) is 1. The van der Waals surface area contributed by atoms with E-state index in [1.165, 1.54) is 32.2 Å². The summed E-state index contributed by atoms with van der Waals surface area (Å²) in [6.07, 6.45) is 5.32. The summed E-state index contributed by atoms with van der Waals surface area (Å²) in [5.74, 6) is 0.639. The number of rotatable bonds is 6. The monoisotopic (exact) mass is 253 g/mol. The summed E-state index contributed by atoms with van der Waals surface area (Å²) in [7, 11) is 0. The third-order valence-electron chi connectivity index (χ3n) is 4.14. The molecule has 2 aliphatic rings. The average molecular weight is 253 g/mol. The SMILES string of the molecule is CCCCCCN1CCN(C(=O)C2CNC2)CC1. The second kappa shape index (κ2) is 7.10. The number of nitrogens with zero attached hydrogens (tertiary/aromatic N) is 2. The molecule has 0 unspecified atom stereocenters. The Labute approximate surface area is 111 Å². The van der Waals surface area contributed by atoms with Crippen LogP contribution in [0.4, 0.5) is 0 Å². The molecular weight excluding hydrogens is 226 g/mol. The number of piperazine rings is 1. The van der Waals surface area contributed by atoms with Gasteiger partial charge in [-0.3, -0.25) is 9.69 Å². The van der Waals surface area contributed by atoms with Crippen LogP contribution in [-0.2, 0) is 4.79 Å². The van der Waals surface area contributed by atoms with Crippen molar-refractivity contribution in [1.82, 2.24) is 15.1 Å². The molecule has 1 amide bonds. The number of hydrogen-bond acceptors (Lipinski definition) is 3. The normalized spacial score (nSPS) is 21.9. The Balaban J connectivity index is 1.60. The van der Waals surface area contributed by atoms with E-state index >= 15 is 0 Å². The van der Waals surface area contributed by atoms with Gasteiger partial charge in [0.25, 0.3) is 0 Å². The highest BCUT2D eigenvalue weighted by Crippen LogP contribution is 2.11. The zero-order valence-corrected chi connectivity index (χ0v) is 11.7. The molecule has 0 spiro atoms.